The third kappa shape index (κ3) is 3.20. The lowest BCUT2D eigenvalue weighted by Gasteiger charge is -2.17. The van der Waals surface area contributed by atoms with Crippen molar-refractivity contribution in [3.05, 3.63) is 55.4 Å². The number of carbonyl (C=O) groups is 2. The second kappa shape index (κ2) is 6.87. The van der Waals surface area contributed by atoms with Gasteiger partial charge in [0.25, 0.3) is 11.6 Å². The van der Waals surface area contributed by atoms with E-state index in [-0.39, 0.29) is 22.4 Å². The largest absolute Gasteiger partial charge is 0.478 e. The lowest BCUT2D eigenvalue weighted by Crippen LogP contribution is -2.16. The molecule has 7 nitrogen and oxygen atoms in total. The van der Waals surface area contributed by atoms with E-state index in [1.54, 1.807) is 0 Å². The third-order valence-electron chi connectivity index (χ3n) is 4.70. The van der Waals surface area contributed by atoms with Crippen molar-refractivity contribution >= 4 is 33.9 Å². The zero-order valence-corrected chi connectivity index (χ0v) is 15.2. The summed E-state index contributed by atoms with van der Waals surface area (Å²) in [6.45, 7) is 3.63. The van der Waals surface area contributed by atoms with Gasteiger partial charge in [0.15, 0.2) is 0 Å². The van der Waals surface area contributed by atoms with Crippen LogP contribution in [0.15, 0.2) is 18.2 Å². The van der Waals surface area contributed by atoms with Crippen molar-refractivity contribution < 1.29 is 19.6 Å². The molecule has 0 fully saturated rings. The Bertz CT molecular complexity index is 919. The molecular formula is C18H18N2O5S. The number of hydrogen-bond acceptors (Lipinski definition) is 5. The first-order valence-electron chi connectivity index (χ1n) is 8.22. The molecule has 1 unspecified atom stereocenters. The van der Waals surface area contributed by atoms with Crippen molar-refractivity contribution in [2.45, 2.75) is 33.1 Å². The van der Waals surface area contributed by atoms with E-state index in [0.717, 1.165) is 23.3 Å². The van der Waals surface area contributed by atoms with Gasteiger partial charge in [0.05, 0.1) is 10.5 Å². The van der Waals surface area contributed by atoms with Gasteiger partial charge in [-0.05, 0) is 43.7 Å². The molecule has 0 aliphatic heterocycles. The Morgan fingerprint density at radius 3 is 2.77 bits per heavy atom. The van der Waals surface area contributed by atoms with Gasteiger partial charge in [-0.2, -0.15) is 0 Å². The Balaban J connectivity index is 1.97. The molecule has 136 valence electrons. The Labute approximate surface area is 153 Å². The minimum atomic E-state index is -1.07. The standard InChI is InChI=1S/C18H18N2O5S/c1-9-6-7-12-14(8-9)26-17(15(12)18(22)23)19-16(21)11-4-3-5-13(10(11)2)20(24)25/h3-5,9H,6-8H2,1-2H3,(H,19,21)(H,22,23). The number of rotatable bonds is 4. The average molecular weight is 374 g/mol. The van der Waals surface area contributed by atoms with Crippen LogP contribution in [0.2, 0.25) is 0 Å². The van der Waals surface area contributed by atoms with Crippen LogP contribution in [0.3, 0.4) is 0 Å². The highest BCUT2D eigenvalue weighted by molar-refractivity contribution is 7.17. The van der Waals surface area contributed by atoms with Crippen LogP contribution in [0.1, 0.15) is 50.1 Å². The lowest BCUT2D eigenvalue weighted by molar-refractivity contribution is -0.385. The quantitative estimate of drug-likeness (QED) is 0.620. The van der Waals surface area contributed by atoms with Crippen LogP contribution in [0.5, 0.6) is 0 Å². The van der Waals surface area contributed by atoms with Gasteiger partial charge in [-0.1, -0.05) is 13.0 Å². The van der Waals surface area contributed by atoms with Crippen LogP contribution in [-0.2, 0) is 12.8 Å². The van der Waals surface area contributed by atoms with Crippen LogP contribution in [0, 0.1) is 23.0 Å². The zero-order valence-electron chi connectivity index (χ0n) is 14.4. The number of fused-ring (bicyclic) bond motifs is 1. The number of aromatic carboxylic acids is 1. The molecule has 3 rings (SSSR count). The smallest absolute Gasteiger partial charge is 0.339 e. The van der Waals surface area contributed by atoms with Crippen molar-refractivity contribution in [1.29, 1.82) is 0 Å². The minimum Gasteiger partial charge on any atom is -0.478 e. The highest BCUT2D eigenvalue weighted by Gasteiger charge is 2.29. The van der Waals surface area contributed by atoms with Gasteiger partial charge in [0.2, 0.25) is 0 Å². The van der Waals surface area contributed by atoms with Crippen molar-refractivity contribution in [2.75, 3.05) is 5.32 Å². The Hall–Kier alpha value is -2.74. The summed E-state index contributed by atoms with van der Waals surface area (Å²) in [5, 5.41) is 23.6. The van der Waals surface area contributed by atoms with Gasteiger partial charge >= 0.3 is 5.97 Å². The van der Waals surface area contributed by atoms with Crippen LogP contribution < -0.4 is 5.32 Å². The molecule has 1 aromatic carbocycles. The Morgan fingerprint density at radius 2 is 2.12 bits per heavy atom. The molecule has 8 heteroatoms. The molecular weight excluding hydrogens is 356 g/mol. The number of nitrogens with one attached hydrogen (secondary N) is 1. The van der Waals surface area contributed by atoms with E-state index in [1.807, 2.05) is 0 Å². The summed E-state index contributed by atoms with van der Waals surface area (Å²) >= 11 is 1.29. The second-order valence-electron chi connectivity index (χ2n) is 6.52. The van der Waals surface area contributed by atoms with E-state index in [1.165, 1.54) is 36.5 Å². The first kappa shape index (κ1) is 18.1. The maximum absolute atomic E-state index is 12.6. The molecule has 0 saturated heterocycles. The highest BCUT2D eigenvalue weighted by atomic mass is 32.1. The number of nitrogens with zero attached hydrogens (tertiary/aromatic N) is 1. The lowest BCUT2D eigenvalue weighted by atomic mass is 9.88. The predicted octanol–water partition coefficient (Wildman–Crippen LogP) is 4.04. The Kier molecular flexibility index (Phi) is 4.78. The van der Waals surface area contributed by atoms with Crippen LogP contribution in [0.4, 0.5) is 10.7 Å². The predicted molar refractivity (Wildman–Crippen MR) is 98.3 cm³/mol. The molecule has 0 saturated carbocycles. The summed E-state index contributed by atoms with van der Waals surface area (Å²) in [4.78, 5) is 35.9. The molecule has 0 radical (unpaired) electrons. The first-order valence-corrected chi connectivity index (χ1v) is 9.04. The summed E-state index contributed by atoms with van der Waals surface area (Å²) in [6, 6.07) is 4.27. The normalized spacial score (nSPS) is 16.0. The third-order valence-corrected chi connectivity index (χ3v) is 5.87. The number of amides is 1. The Morgan fingerprint density at radius 1 is 1.38 bits per heavy atom. The molecule has 1 heterocycles. The number of nitro groups is 1. The van der Waals surface area contributed by atoms with E-state index < -0.39 is 16.8 Å². The van der Waals surface area contributed by atoms with Gasteiger partial charge in [-0.25, -0.2) is 4.79 Å². The van der Waals surface area contributed by atoms with Gasteiger partial charge in [0, 0.05) is 22.1 Å². The van der Waals surface area contributed by atoms with E-state index >= 15 is 0 Å². The number of carbonyl (C=O) groups excluding carboxylic acids is 1. The summed E-state index contributed by atoms with van der Waals surface area (Å²) in [6.07, 6.45) is 2.40. The van der Waals surface area contributed by atoms with Crippen molar-refractivity contribution in [3.8, 4) is 0 Å². The van der Waals surface area contributed by atoms with E-state index in [4.69, 9.17) is 0 Å². The monoisotopic (exact) mass is 374 g/mol. The molecule has 1 amide bonds. The van der Waals surface area contributed by atoms with Crippen LogP contribution >= 0.6 is 11.3 Å². The molecule has 2 aromatic rings. The molecule has 1 aliphatic carbocycles. The van der Waals surface area contributed by atoms with Crippen LogP contribution in [0.25, 0.3) is 0 Å². The zero-order chi connectivity index (χ0) is 19.0. The summed E-state index contributed by atoms with van der Waals surface area (Å²) in [5.41, 5.74) is 1.22. The fraction of sp³-hybridized carbons (Fsp3) is 0.333. The van der Waals surface area contributed by atoms with Gasteiger partial charge in [-0.15, -0.1) is 11.3 Å². The number of benzene rings is 1. The van der Waals surface area contributed by atoms with E-state index in [2.05, 4.69) is 12.2 Å². The SMILES string of the molecule is Cc1c(C(=O)Nc2sc3c(c2C(=O)O)CCC(C)C3)cccc1[N+](=O)[O-]. The number of carboxylic acids is 1. The van der Waals surface area contributed by atoms with Crippen LogP contribution in [-0.4, -0.2) is 21.9 Å². The molecule has 1 aromatic heterocycles. The fourth-order valence-electron chi connectivity index (χ4n) is 3.30. The number of hydrogen-bond donors (Lipinski definition) is 2. The van der Waals surface area contributed by atoms with Gasteiger partial charge < -0.3 is 10.4 Å². The number of nitro benzene ring substituents is 1. The van der Waals surface area contributed by atoms with Gasteiger partial charge in [0.1, 0.15) is 5.00 Å². The number of anilines is 1. The topological polar surface area (TPSA) is 110 Å². The van der Waals surface area contributed by atoms with E-state index in [0.29, 0.717) is 17.3 Å². The van der Waals surface area contributed by atoms with Crippen molar-refractivity contribution in [3.63, 3.8) is 0 Å². The molecule has 2 N–H and O–H groups in total. The molecule has 26 heavy (non-hydrogen) atoms. The van der Waals surface area contributed by atoms with E-state index in [9.17, 15) is 24.8 Å². The first-order chi connectivity index (χ1) is 12.3. The molecule has 1 aliphatic rings. The second-order valence-corrected chi connectivity index (χ2v) is 7.63. The summed E-state index contributed by atoms with van der Waals surface area (Å²) in [7, 11) is 0. The van der Waals surface area contributed by atoms with Crippen molar-refractivity contribution in [1.82, 2.24) is 0 Å². The minimum absolute atomic E-state index is 0.143. The molecule has 1 atom stereocenters. The average Bonchev–Trinajstić information content (AvgIpc) is 2.91. The highest BCUT2D eigenvalue weighted by Crippen LogP contribution is 2.40. The molecule has 0 bridgehead atoms. The number of thiophene rings is 1. The summed E-state index contributed by atoms with van der Waals surface area (Å²) < 4.78 is 0. The maximum atomic E-state index is 12.6. The maximum Gasteiger partial charge on any atom is 0.339 e. The summed E-state index contributed by atoms with van der Waals surface area (Å²) in [5.74, 6) is -1.13. The fourth-order valence-corrected chi connectivity index (χ4v) is 4.70. The van der Waals surface area contributed by atoms with Gasteiger partial charge in [-0.3, -0.25) is 14.9 Å². The number of carboxylic acid groups (broad SMARTS) is 1. The molecule has 0 spiro atoms. The van der Waals surface area contributed by atoms with Crippen molar-refractivity contribution in [2.24, 2.45) is 5.92 Å².